The lowest BCUT2D eigenvalue weighted by Crippen LogP contribution is -2.06. The number of benzene rings is 9. The fourth-order valence-corrected chi connectivity index (χ4v) is 6.84. The second kappa shape index (κ2) is 9.97. The SMILES string of the molecule is c1ccc2cc3c(cc2c1)Cc1cc2ccccc2cc1N3.c1ccc2cc3cc4cc5ccccc5cc4cc3cc2c1. The molecule has 0 spiro atoms. The molecule has 1 heteroatoms. The Morgan fingerprint density at radius 3 is 0.841 bits per heavy atom. The van der Waals surface area contributed by atoms with E-state index in [4.69, 9.17) is 0 Å². The minimum absolute atomic E-state index is 0.993. The molecule has 1 aliphatic rings. The zero-order chi connectivity index (χ0) is 29.0. The summed E-state index contributed by atoms with van der Waals surface area (Å²) in [5, 5.41) is 19.3. The molecule has 44 heavy (non-hydrogen) atoms. The fourth-order valence-electron chi connectivity index (χ4n) is 6.84. The lowest BCUT2D eigenvalue weighted by atomic mass is 9.93. The molecule has 9 aromatic rings. The Hall–Kier alpha value is -5.66. The Morgan fingerprint density at radius 1 is 0.273 bits per heavy atom. The van der Waals surface area contributed by atoms with Crippen molar-refractivity contribution in [1.82, 2.24) is 0 Å². The van der Waals surface area contributed by atoms with E-state index in [1.165, 1.54) is 87.1 Å². The van der Waals surface area contributed by atoms with E-state index in [1.54, 1.807) is 0 Å². The van der Waals surface area contributed by atoms with Gasteiger partial charge in [-0.05, 0) is 136 Å². The summed E-state index contributed by atoms with van der Waals surface area (Å²) in [5.74, 6) is 0. The van der Waals surface area contributed by atoms with Crippen LogP contribution in [0.4, 0.5) is 11.4 Å². The number of hydrogen-bond donors (Lipinski definition) is 1. The van der Waals surface area contributed by atoms with E-state index < -0.39 is 0 Å². The van der Waals surface area contributed by atoms with E-state index in [0.29, 0.717) is 0 Å². The van der Waals surface area contributed by atoms with E-state index in [9.17, 15) is 0 Å². The first kappa shape index (κ1) is 24.9. The molecule has 0 unspecified atom stereocenters. The van der Waals surface area contributed by atoms with Gasteiger partial charge in [0.1, 0.15) is 0 Å². The van der Waals surface area contributed by atoms with Crippen molar-refractivity contribution < 1.29 is 0 Å². The van der Waals surface area contributed by atoms with Crippen molar-refractivity contribution in [2.24, 2.45) is 0 Å². The van der Waals surface area contributed by atoms with E-state index in [2.05, 4.69) is 163 Å². The van der Waals surface area contributed by atoms with E-state index in [0.717, 1.165) is 6.42 Å². The van der Waals surface area contributed by atoms with E-state index in [1.807, 2.05) is 0 Å². The quantitative estimate of drug-likeness (QED) is 0.182. The summed E-state index contributed by atoms with van der Waals surface area (Å²) in [6.07, 6.45) is 0.993. The molecule has 1 aliphatic heterocycles. The average molecular weight is 560 g/mol. The van der Waals surface area contributed by atoms with Crippen LogP contribution in [-0.4, -0.2) is 0 Å². The molecule has 0 saturated heterocycles. The maximum absolute atomic E-state index is 3.62. The number of fused-ring (bicyclic) bond motifs is 8. The minimum Gasteiger partial charge on any atom is -0.355 e. The van der Waals surface area contributed by atoms with Crippen LogP contribution in [0.15, 0.2) is 158 Å². The Morgan fingerprint density at radius 2 is 0.523 bits per heavy atom. The largest absolute Gasteiger partial charge is 0.355 e. The summed E-state index contributed by atoms with van der Waals surface area (Å²) < 4.78 is 0. The third-order valence-electron chi connectivity index (χ3n) is 9.12. The predicted molar refractivity (Wildman–Crippen MR) is 190 cm³/mol. The maximum atomic E-state index is 3.62. The number of nitrogens with one attached hydrogen (secondary N) is 1. The van der Waals surface area contributed by atoms with Gasteiger partial charge in [0.25, 0.3) is 0 Å². The van der Waals surface area contributed by atoms with Crippen molar-refractivity contribution in [3.8, 4) is 0 Å². The number of anilines is 2. The second-order valence-corrected chi connectivity index (χ2v) is 12.0. The van der Waals surface area contributed by atoms with Gasteiger partial charge in [0.05, 0.1) is 0 Å². The second-order valence-electron chi connectivity index (χ2n) is 12.0. The van der Waals surface area contributed by atoms with Crippen LogP contribution in [0.5, 0.6) is 0 Å². The van der Waals surface area contributed by atoms with Gasteiger partial charge in [0.2, 0.25) is 0 Å². The first-order chi connectivity index (χ1) is 21.7. The molecule has 0 fully saturated rings. The molecule has 206 valence electrons. The summed E-state index contributed by atoms with van der Waals surface area (Å²) in [7, 11) is 0. The van der Waals surface area contributed by atoms with Crippen LogP contribution >= 0.6 is 0 Å². The fraction of sp³-hybridized carbons (Fsp3) is 0.0233. The van der Waals surface area contributed by atoms with E-state index in [-0.39, 0.29) is 0 Å². The molecule has 0 bridgehead atoms. The van der Waals surface area contributed by atoms with Crippen molar-refractivity contribution in [2.75, 3.05) is 5.32 Å². The van der Waals surface area contributed by atoms with Crippen molar-refractivity contribution in [3.05, 3.63) is 169 Å². The highest BCUT2D eigenvalue weighted by molar-refractivity contribution is 6.08. The Bertz CT molecular complexity index is 2210. The molecule has 0 radical (unpaired) electrons. The summed E-state index contributed by atoms with van der Waals surface area (Å²) in [4.78, 5) is 0. The smallest absolute Gasteiger partial charge is 0.0426 e. The lowest BCUT2D eigenvalue weighted by molar-refractivity contribution is 1.17. The molecular formula is C43H29N. The van der Waals surface area contributed by atoms with Gasteiger partial charge in [-0.25, -0.2) is 0 Å². The molecule has 1 heterocycles. The highest BCUT2D eigenvalue weighted by Gasteiger charge is 2.16. The molecule has 0 saturated carbocycles. The summed E-state index contributed by atoms with van der Waals surface area (Å²) in [5.41, 5.74) is 5.23. The standard InChI is InChI=1S/C22H14.C21H15N/c1-2-6-16-10-20-14-22-12-18-8-4-3-7-17(18)11-21(22)13-19(20)9-15(16)5-1;1-3-7-16-12-20-18(9-14(16)5-1)11-19-10-15-6-2-4-8-17(15)13-21(19)22-20/h1-14H;1-10,12-13,22H,11H2. The molecule has 0 amide bonds. The zero-order valence-electron chi connectivity index (χ0n) is 24.2. The van der Waals surface area contributed by atoms with Crippen molar-refractivity contribution in [2.45, 2.75) is 6.42 Å². The topological polar surface area (TPSA) is 12.0 Å². The molecule has 1 nitrogen and oxygen atoms in total. The third kappa shape index (κ3) is 4.33. The maximum Gasteiger partial charge on any atom is 0.0426 e. The van der Waals surface area contributed by atoms with Gasteiger partial charge in [-0.1, -0.05) is 97.1 Å². The van der Waals surface area contributed by atoms with Crippen LogP contribution in [0.1, 0.15) is 11.1 Å². The number of rotatable bonds is 0. The third-order valence-corrected chi connectivity index (χ3v) is 9.12. The Kier molecular flexibility index (Phi) is 5.64. The average Bonchev–Trinajstić information content (AvgIpc) is 3.06. The van der Waals surface area contributed by atoms with Gasteiger partial charge in [-0.3, -0.25) is 0 Å². The molecule has 10 rings (SSSR count). The predicted octanol–water partition coefficient (Wildman–Crippen LogP) is 11.9. The molecule has 9 aromatic carbocycles. The van der Waals surface area contributed by atoms with Crippen LogP contribution < -0.4 is 5.32 Å². The highest BCUT2D eigenvalue weighted by Crippen LogP contribution is 2.37. The van der Waals surface area contributed by atoms with Crippen molar-refractivity contribution in [3.63, 3.8) is 0 Å². The van der Waals surface area contributed by atoms with Crippen molar-refractivity contribution in [1.29, 1.82) is 0 Å². The lowest BCUT2D eigenvalue weighted by Gasteiger charge is -2.23. The van der Waals surface area contributed by atoms with Crippen LogP contribution in [0, 0.1) is 0 Å². The molecule has 0 atom stereocenters. The van der Waals surface area contributed by atoms with Gasteiger partial charge in [-0.15, -0.1) is 0 Å². The minimum atomic E-state index is 0.993. The van der Waals surface area contributed by atoms with Crippen LogP contribution in [0.3, 0.4) is 0 Å². The van der Waals surface area contributed by atoms with E-state index >= 15 is 0 Å². The van der Waals surface area contributed by atoms with Crippen LogP contribution in [0.25, 0.3) is 64.6 Å². The summed E-state index contributed by atoms with van der Waals surface area (Å²) >= 11 is 0. The van der Waals surface area contributed by atoms with Crippen LogP contribution in [0.2, 0.25) is 0 Å². The summed E-state index contributed by atoms with van der Waals surface area (Å²) in [6.45, 7) is 0. The number of hydrogen-bond acceptors (Lipinski definition) is 1. The zero-order valence-corrected chi connectivity index (χ0v) is 24.2. The monoisotopic (exact) mass is 559 g/mol. The summed E-state index contributed by atoms with van der Waals surface area (Å²) in [6, 6.07) is 57.2. The normalized spacial score (nSPS) is 12.2. The van der Waals surface area contributed by atoms with Gasteiger partial charge < -0.3 is 5.32 Å². The highest BCUT2D eigenvalue weighted by atomic mass is 14.9. The van der Waals surface area contributed by atoms with Crippen molar-refractivity contribution >= 4 is 76.0 Å². The Balaban J connectivity index is 0.000000123. The molecule has 0 aliphatic carbocycles. The van der Waals surface area contributed by atoms with Crippen LogP contribution in [-0.2, 0) is 6.42 Å². The Labute approximate surface area is 256 Å². The first-order valence-electron chi connectivity index (χ1n) is 15.3. The molecule has 1 N–H and O–H groups in total. The molecular weight excluding hydrogens is 530 g/mol. The van der Waals surface area contributed by atoms with Gasteiger partial charge >= 0.3 is 0 Å². The molecule has 0 aromatic heterocycles. The van der Waals surface area contributed by atoms with Gasteiger partial charge in [0.15, 0.2) is 0 Å². The first-order valence-corrected chi connectivity index (χ1v) is 15.3. The van der Waals surface area contributed by atoms with Gasteiger partial charge in [0, 0.05) is 17.8 Å². The van der Waals surface area contributed by atoms with Gasteiger partial charge in [-0.2, -0.15) is 0 Å².